The number of carbonyl (C=O) groups is 2. The average Bonchev–Trinajstić information content (AvgIpc) is 4.20. The first kappa shape index (κ1) is 59.2. The lowest BCUT2D eigenvalue weighted by molar-refractivity contribution is -0.339. The van der Waals surface area contributed by atoms with Crippen molar-refractivity contribution in [3.05, 3.63) is 72.6 Å². The molecule has 4 aliphatic heterocycles. The van der Waals surface area contributed by atoms with Gasteiger partial charge in [0, 0.05) is 31.1 Å². The van der Waals surface area contributed by atoms with Crippen LogP contribution in [0, 0.1) is 18.8 Å². The molecule has 9 unspecified atom stereocenters. The maximum atomic E-state index is 14.2. The minimum atomic E-state index is -1.77. The average molecular weight is 1140 g/mol. The molecule has 0 radical (unpaired) electrons. The summed E-state index contributed by atoms with van der Waals surface area (Å²) in [6, 6.07) is 13.5. The number of nitrogens with zero attached hydrogens (tertiary/aromatic N) is 7. The van der Waals surface area contributed by atoms with Gasteiger partial charge in [0.1, 0.15) is 90.6 Å². The summed E-state index contributed by atoms with van der Waals surface area (Å²) in [7, 11) is 0. The Balaban J connectivity index is 0.993. The topological polar surface area (TPSA) is 337 Å². The molecule has 25 nitrogen and oxygen atoms in total. The number of benzene rings is 2. The molecule has 2 aromatic heterocycles. The number of amides is 2. The lowest BCUT2D eigenvalue weighted by atomic mass is 9.81. The fourth-order valence-corrected chi connectivity index (χ4v) is 12.3. The number of aliphatic hydroxyl groups excluding tert-OH is 8. The first-order chi connectivity index (χ1) is 39.1. The monoisotopic (exact) mass is 1130 g/mol. The molecule has 2 amide bonds. The number of carbonyl (C=O) groups excluding carboxylic acids is 2. The summed E-state index contributed by atoms with van der Waals surface area (Å²) in [5.74, 6) is -1.20. The van der Waals surface area contributed by atoms with Gasteiger partial charge in [-0.2, -0.15) is 0 Å². The normalized spacial score (nSPS) is 36.2. The van der Waals surface area contributed by atoms with E-state index in [-0.39, 0.29) is 31.3 Å². The smallest absolute Gasteiger partial charge is 0.251 e. The van der Waals surface area contributed by atoms with Gasteiger partial charge in [0.05, 0.1) is 50.5 Å². The predicted octanol–water partition coefficient (Wildman–Crippen LogP) is 0.297. The van der Waals surface area contributed by atoms with E-state index in [2.05, 4.69) is 25.9 Å². The SMILES string of the molecule is CC(=O)NC1C(O[C@@H](CC2CCCCC2)C(=O)N2CCC2)[C@@H](O)C(CO)O[C@H]1O[C@@H]1CC(CO[C@H]2O[C@H](CO)[C@@H](O)C(n3cc(-c4cccc(C)c4)nn3)C2O)C[C@@H](n2cc(-c3ccccc3)nn2)C1O[C@@H]1OC(C)[C@@H](O)[C@H](O)C1O. The van der Waals surface area contributed by atoms with Gasteiger partial charge >= 0.3 is 0 Å². The number of aryl methyl sites for hydroxylation is 1. The van der Waals surface area contributed by atoms with E-state index in [9.17, 15) is 50.4 Å². The number of ether oxygens (including phenoxy) is 7. The van der Waals surface area contributed by atoms with Gasteiger partial charge < -0.3 is 84.2 Å². The standard InChI is InChI=1S/C56H78N8O17/c1-29-12-10-17-35(20-29)37-25-64(61-59-37)44-46(69)41(26-65)80-55(48(44)71)75-28-33-21-38(63-24-36(58-60-63)34-15-8-5-9-16-34)51(81-56-50(73)49(72)45(68)30(2)76-56)39(23-33)78-54-43(57-31(3)67)52(47(70)42(27-66)79-54)77-40(53(74)62-18-11-19-62)22-32-13-6-4-7-14-32/h5,8-10,12,15-17,20,24-25,30,32-33,38-52,54-56,65-66,68-73H,4,6-7,11,13-14,18-19,21-23,26-28H2,1-3H3,(H,57,67)/t30?,33?,38-,39-,40+,41-,42?,43?,44?,45-,46-,47+,48?,49+,50?,51?,52?,54-,55+,56+/m1/s1. The second-order valence-electron chi connectivity index (χ2n) is 22.7. The molecule has 6 heterocycles. The zero-order chi connectivity index (χ0) is 57.1. The van der Waals surface area contributed by atoms with Crippen LogP contribution in [0.3, 0.4) is 0 Å². The van der Waals surface area contributed by atoms with E-state index in [0.29, 0.717) is 30.9 Å². The Morgan fingerprint density at radius 2 is 1.38 bits per heavy atom. The number of aromatic nitrogens is 6. The van der Waals surface area contributed by atoms with E-state index in [1.54, 1.807) is 22.0 Å². The molecule has 0 bridgehead atoms. The molecule has 4 saturated heterocycles. The van der Waals surface area contributed by atoms with Gasteiger partial charge in [-0.3, -0.25) is 9.59 Å². The van der Waals surface area contributed by atoms with Crippen LogP contribution in [0.1, 0.15) is 89.3 Å². The largest absolute Gasteiger partial charge is 0.394 e. The van der Waals surface area contributed by atoms with Crippen molar-refractivity contribution >= 4 is 11.8 Å². The van der Waals surface area contributed by atoms with Gasteiger partial charge in [0.25, 0.3) is 5.91 Å². The number of hydrogen-bond donors (Lipinski definition) is 9. The lowest BCUT2D eigenvalue weighted by Gasteiger charge is -2.49. The molecule has 0 spiro atoms. The third-order valence-electron chi connectivity index (χ3n) is 16.9. The van der Waals surface area contributed by atoms with Crippen LogP contribution in [0.5, 0.6) is 0 Å². The van der Waals surface area contributed by atoms with Crippen LogP contribution in [-0.4, -0.2) is 225 Å². The lowest BCUT2D eigenvalue weighted by Crippen LogP contribution is -2.67. The van der Waals surface area contributed by atoms with Crippen molar-refractivity contribution < 1.29 is 83.6 Å². The molecule has 20 atom stereocenters. The van der Waals surface area contributed by atoms with Gasteiger partial charge in [-0.15, -0.1) is 10.2 Å². The third-order valence-corrected chi connectivity index (χ3v) is 16.9. The van der Waals surface area contributed by atoms with Crippen LogP contribution < -0.4 is 5.32 Å². The molecule has 6 aliphatic rings. The quantitative estimate of drug-likeness (QED) is 0.0610. The second-order valence-corrected chi connectivity index (χ2v) is 22.7. The zero-order valence-corrected chi connectivity index (χ0v) is 45.8. The van der Waals surface area contributed by atoms with Crippen molar-refractivity contribution in [2.45, 2.75) is 195 Å². The van der Waals surface area contributed by atoms with Gasteiger partial charge in [-0.05, 0) is 57.4 Å². The van der Waals surface area contributed by atoms with Crippen LogP contribution in [0.25, 0.3) is 22.5 Å². The first-order valence-corrected chi connectivity index (χ1v) is 28.5. The first-order valence-electron chi connectivity index (χ1n) is 28.5. The molecule has 2 aromatic carbocycles. The fraction of sp³-hybridized carbons (Fsp3) is 0.679. The molecular formula is C56H78N8O17. The van der Waals surface area contributed by atoms with Crippen LogP contribution in [-0.2, 0) is 42.7 Å². The molecule has 2 saturated carbocycles. The third kappa shape index (κ3) is 13.2. The molecule has 9 N–H and O–H groups in total. The molecular weight excluding hydrogens is 1060 g/mol. The van der Waals surface area contributed by atoms with Crippen LogP contribution in [0.2, 0.25) is 0 Å². The van der Waals surface area contributed by atoms with E-state index in [4.69, 9.17) is 33.2 Å². The highest BCUT2D eigenvalue weighted by Gasteiger charge is 2.54. The maximum absolute atomic E-state index is 14.2. The Hall–Kier alpha value is -4.94. The molecule has 25 heteroatoms. The number of likely N-dealkylation sites (tertiary alicyclic amines) is 1. The highest BCUT2D eigenvalue weighted by molar-refractivity contribution is 5.81. The van der Waals surface area contributed by atoms with E-state index in [1.807, 2.05) is 61.5 Å². The van der Waals surface area contributed by atoms with Crippen molar-refractivity contribution in [2.75, 3.05) is 32.9 Å². The van der Waals surface area contributed by atoms with Crippen molar-refractivity contribution in [3.8, 4) is 22.5 Å². The Morgan fingerprint density at radius 1 is 0.704 bits per heavy atom. The molecule has 10 rings (SSSR count). The number of aliphatic hydroxyl groups is 8. The Bertz CT molecular complexity index is 2680. The van der Waals surface area contributed by atoms with Crippen LogP contribution in [0.4, 0.5) is 0 Å². The van der Waals surface area contributed by atoms with Crippen LogP contribution in [0.15, 0.2) is 67.0 Å². The highest BCUT2D eigenvalue weighted by Crippen LogP contribution is 2.42. The van der Waals surface area contributed by atoms with Crippen molar-refractivity contribution in [2.24, 2.45) is 11.8 Å². The highest BCUT2D eigenvalue weighted by atomic mass is 16.7. The summed E-state index contributed by atoms with van der Waals surface area (Å²) in [6.07, 6.45) is -12.8. The summed E-state index contributed by atoms with van der Waals surface area (Å²) in [4.78, 5) is 29.3. The summed E-state index contributed by atoms with van der Waals surface area (Å²) in [5, 5.41) is 111. The van der Waals surface area contributed by atoms with Gasteiger partial charge in [-0.1, -0.05) is 96.6 Å². The molecule has 81 heavy (non-hydrogen) atoms. The van der Waals surface area contributed by atoms with E-state index >= 15 is 0 Å². The zero-order valence-electron chi connectivity index (χ0n) is 45.8. The molecule has 6 fully saturated rings. The summed E-state index contributed by atoms with van der Waals surface area (Å²) >= 11 is 0. The predicted molar refractivity (Wildman–Crippen MR) is 283 cm³/mol. The van der Waals surface area contributed by atoms with E-state index in [1.165, 1.54) is 18.5 Å². The summed E-state index contributed by atoms with van der Waals surface area (Å²) in [5.41, 5.74) is 3.45. The van der Waals surface area contributed by atoms with Crippen molar-refractivity contribution in [1.82, 2.24) is 40.2 Å². The van der Waals surface area contributed by atoms with Crippen LogP contribution >= 0.6 is 0 Å². The van der Waals surface area contributed by atoms with Gasteiger partial charge in [0.15, 0.2) is 18.9 Å². The minimum absolute atomic E-state index is 0.0223. The van der Waals surface area contributed by atoms with E-state index in [0.717, 1.165) is 55.2 Å². The Labute approximate surface area is 469 Å². The number of nitrogens with one attached hydrogen (secondary N) is 1. The van der Waals surface area contributed by atoms with Crippen molar-refractivity contribution in [3.63, 3.8) is 0 Å². The maximum Gasteiger partial charge on any atom is 0.251 e. The number of rotatable bonds is 19. The van der Waals surface area contributed by atoms with Gasteiger partial charge in [-0.25, -0.2) is 9.36 Å². The minimum Gasteiger partial charge on any atom is -0.394 e. The molecule has 444 valence electrons. The number of hydrogen-bond acceptors (Lipinski definition) is 21. The Morgan fingerprint density at radius 3 is 2.07 bits per heavy atom. The molecule has 2 aliphatic carbocycles. The molecule has 4 aromatic rings. The Kier molecular flexibility index (Phi) is 19.2. The van der Waals surface area contributed by atoms with Gasteiger partial charge in [0.2, 0.25) is 5.91 Å². The van der Waals surface area contributed by atoms with Crippen molar-refractivity contribution in [1.29, 1.82) is 0 Å². The fourth-order valence-electron chi connectivity index (χ4n) is 12.3. The second kappa shape index (κ2) is 26.3. The van der Waals surface area contributed by atoms with E-state index < -0.39 is 141 Å². The summed E-state index contributed by atoms with van der Waals surface area (Å²) in [6.45, 7) is 4.29. The summed E-state index contributed by atoms with van der Waals surface area (Å²) < 4.78 is 48.4.